The number of hydrogen-bond acceptors (Lipinski definition) is 4. The fourth-order valence-corrected chi connectivity index (χ4v) is 4.48. The van der Waals surface area contributed by atoms with Gasteiger partial charge in [0.2, 0.25) is 0 Å². The van der Waals surface area contributed by atoms with E-state index in [-0.39, 0.29) is 18.7 Å². The first-order valence-corrected chi connectivity index (χ1v) is 9.41. The van der Waals surface area contributed by atoms with Crippen LogP contribution in [0.5, 0.6) is 0 Å². The highest BCUT2D eigenvalue weighted by molar-refractivity contribution is 7.09. The molecule has 0 spiro atoms. The van der Waals surface area contributed by atoms with Gasteiger partial charge in [0.05, 0.1) is 18.2 Å². The summed E-state index contributed by atoms with van der Waals surface area (Å²) in [6, 6.07) is -0.130. The molecule has 0 unspecified atom stereocenters. The number of carbonyl (C=O) groups is 1. The van der Waals surface area contributed by atoms with Crippen LogP contribution in [-0.4, -0.2) is 39.7 Å². The molecule has 1 fully saturated rings. The number of aromatic nitrogens is 1. The van der Waals surface area contributed by atoms with Gasteiger partial charge in [-0.3, -0.25) is 0 Å². The van der Waals surface area contributed by atoms with Crippen molar-refractivity contribution in [2.75, 3.05) is 13.2 Å². The van der Waals surface area contributed by atoms with Gasteiger partial charge >= 0.3 is 6.03 Å². The van der Waals surface area contributed by atoms with Crippen molar-refractivity contribution in [3.63, 3.8) is 0 Å². The Hall–Kier alpha value is -1.14. The Balaban J connectivity index is 2.11. The lowest BCUT2D eigenvalue weighted by Gasteiger charge is -2.39. The first-order chi connectivity index (χ1) is 10.9. The molecular weight excluding hydrogens is 310 g/mol. The normalized spacial score (nSPS) is 22.6. The summed E-state index contributed by atoms with van der Waals surface area (Å²) >= 11 is 1.59. The first kappa shape index (κ1) is 18.2. The molecule has 2 atom stereocenters. The van der Waals surface area contributed by atoms with Crippen molar-refractivity contribution < 1.29 is 9.90 Å². The van der Waals surface area contributed by atoms with Crippen LogP contribution < -0.4 is 5.32 Å². The summed E-state index contributed by atoms with van der Waals surface area (Å²) < 4.78 is 0. The molecule has 1 saturated heterocycles. The monoisotopic (exact) mass is 339 g/mol. The highest BCUT2D eigenvalue weighted by atomic mass is 32.1. The van der Waals surface area contributed by atoms with Crippen molar-refractivity contribution in [2.45, 2.75) is 65.0 Å². The van der Waals surface area contributed by atoms with Crippen molar-refractivity contribution in [3.8, 4) is 0 Å². The lowest BCUT2D eigenvalue weighted by Crippen LogP contribution is -2.54. The zero-order valence-electron chi connectivity index (χ0n) is 14.6. The Morgan fingerprint density at radius 1 is 1.57 bits per heavy atom. The van der Waals surface area contributed by atoms with Gasteiger partial charge in [-0.15, -0.1) is 11.3 Å². The van der Waals surface area contributed by atoms with E-state index in [9.17, 15) is 9.90 Å². The van der Waals surface area contributed by atoms with Crippen LogP contribution in [0, 0.1) is 12.8 Å². The van der Waals surface area contributed by atoms with Crippen LogP contribution in [0.2, 0.25) is 0 Å². The van der Waals surface area contributed by atoms with Crippen LogP contribution >= 0.6 is 11.3 Å². The number of nitrogens with one attached hydrogen (secondary N) is 1. The molecule has 5 nitrogen and oxygen atoms in total. The molecule has 1 aliphatic rings. The third-order valence-corrected chi connectivity index (χ3v) is 5.64. The third kappa shape index (κ3) is 4.04. The largest absolute Gasteiger partial charge is 0.394 e. The predicted octanol–water partition coefficient (Wildman–Crippen LogP) is 3.49. The molecule has 1 aromatic heterocycles. The van der Waals surface area contributed by atoms with Crippen LogP contribution in [0.1, 0.15) is 63.2 Å². The van der Waals surface area contributed by atoms with Crippen molar-refractivity contribution in [3.05, 3.63) is 16.1 Å². The van der Waals surface area contributed by atoms with Gasteiger partial charge in [0, 0.05) is 17.6 Å². The SMILES string of the molecule is CC[C@@H](NC(=O)N1CCC[C@]1(CO)CC(C)C)c1nc(C)cs1. The number of likely N-dealkylation sites (tertiary alicyclic amines) is 1. The highest BCUT2D eigenvalue weighted by Gasteiger charge is 2.43. The molecule has 0 aliphatic carbocycles. The van der Waals surface area contributed by atoms with Gasteiger partial charge in [-0.25, -0.2) is 9.78 Å². The van der Waals surface area contributed by atoms with E-state index in [1.54, 1.807) is 11.3 Å². The summed E-state index contributed by atoms with van der Waals surface area (Å²) in [4.78, 5) is 19.2. The topological polar surface area (TPSA) is 65.5 Å². The Labute approximate surface area is 143 Å². The molecule has 2 heterocycles. The molecule has 0 aromatic carbocycles. The lowest BCUT2D eigenvalue weighted by atomic mass is 9.87. The zero-order chi connectivity index (χ0) is 17.0. The number of nitrogens with zero attached hydrogens (tertiary/aromatic N) is 2. The fourth-order valence-electron chi connectivity index (χ4n) is 3.55. The summed E-state index contributed by atoms with van der Waals surface area (Å²) in [5.74, 6) is 0.444. The average Bonchev–Trinajstić information content (AvgIpc) is 3.11. The second-order valence-corrected chi connectivity index (χ2v) is 7.86. The second-order valence-electron chi connectivity index (χ2n) is 6.97. The molecule has 1 aromatic rings. The molecule has 0 radical (unpaired) electrons. The van der Waals surface area contributed by atoms with E-state index in [1.165, 1.54) is 0 Å². The van der Waals surface area contributed by atoms with Crippen LogP contribution in [0.15, 0.2) is 5.38 Å². The van der Waals surface area contributed by atoms with Gasteiger partial charge in [-0.05, 0) is 38.5 Å². The smallest absolute Gasteiger partial charge is 0.318 e. The minimum atomic E-state index is -0.407. The van der Waals surface area contributed by atoms with E-state index in [1.807, 2.05) is 17.2 Å². The molecule has 2 N–H and O–H groups in total. The van der Waals surface area contributed by atoms with E-state index in [2.05, 4.69) is 31.1 Å². The second kappa shape index (κ2) is 7.62. The van der Waals surface area contributed by atoms with E-state index < -0.39 is 5.54 Å². The number of aryl methyl sites for hydroxylation is 1. The molecule has 6 heteroatoms. The molecule has 0 saturated carbocycles. The first-order valence-electron chi connectivity index (χ1n) is 8.53. The quantitative estimate of drug-likeness (QED) is 0.834. The van der Waals surface area contributed by atoms with Gasteiger partial charge in [0.1, 0.15) is 5.01 Å². The van der Waals surface area contributed by atoms with Gasteiger partial charge in [-0.1, -0.05) is 20.8 Å². The highest BCUT2D eigenvalue weighted by Crippen LogP contribution is 2.35. The number of thiazole rings is 1. The molecular formula is C17H29N3O2S. The van der Waals surface area contributed by atoms with E-state index in [0.29, 0.717) is 12.5 Å². The minimum Gasteiger partial charge on any atom is -0.394 e. The van der Waals surface area contributed by atoms with Gasteiger partial charge in [-0.2, -0.15) is 0 Å². The molecule has 2 rings (SSSR count). The maximum atomic E-state index is 12.8. The number of carbonyl (C=O) groups excluding carboxylic acids is 1. The summed E-state index contributed by atoms with van der Waals surface area (Å²) in [5, 5.41) is 16.1. The summed E-state index contributed by atoms with van der Waals surface area (Å²) in [7, 11) is 0. The summed E-state index contributed by atoms with van der Waals surface area (Å²) in [5.41, 5.74) is 0.582. The summed E-state index contributed by atoms with van der Waals surface area (Å²) in [6.07, 6.45) is 3.48. The van der Waals surface area contributed by atoms with Crippen LogP contribution in [-0.2, 0) is 0 Å². The maximum Gasteiger partial charge on any atom is 0.318 e. The van der Waals surface area contributed by atoms with Crippen molar-refractivity contribution in [1.29, 1.82) is 0 Å². The average molecular weight is 340 g/mol. The fraction of sp³-hybridized carbons (Fsp3) is 0.765. The van der Waals surface area contributed by atoms with Gasteiger partial charge in [0.25, 0.3) is 0 Å². The van der Waals surface area contributed by atoms with Gasteiger partial charge in [0.15, 0.2) is 0 Å². The number of aliphatic hydroxyl groups is 1. The Morgan fingerprint density at radius 2 is 2.30 bits per heavy atom. The molecule has 130 valence electrons. The van der Waals surface area contributed by atoms with E-state index in [0.717, 1.165) is 36.4 Å². The van der Waals surface area contributed by atoms with Crippen LogP contribution in [0.3, 0.4) is 0 Å². The molecule has 0 bridgehead atoms. The molecule has 2 amide bonds. The number of urea groups is 1. The number of aliphatic hydroxyl groups excluding tert-OH is 1. The maximum absolute atomic E-state index is 12.8. The number of amides is 2. The van der Waals surface area contributed by atoms with Gasteiger partial charge < -0.3 is 15.3 Å². The molecule has 23 heavy (non-hydrogen) atoms. The standard InChI is InChI=1S/C17H29N3O2S/c1-5-14(15-18-13(4)10-23-15)19-16(22)20-8-6-7-17(20,11-21)9-12(2)3/h10,12,14,21H,5-9,11H2,1-4H3,(H,19,22)/t14-,17-/m1/s1. The third-order valence-electron chi connectivity index (χ3n) is 4.56. The molecule has 1 aliphatic heterocycles. The van der Waals surface area contributed by atoms with E-state index in [4.69, 9.17) is 0 Å². The van der Waals surface area contributed by atoms with Crippen LogP contribution in [0.4, 0.5) is 4.79 Å². The van der Waals surface area contributed by atoms with Crippen LogP contribution in [0.25, 0.3) is 0 Å². The number of hydrogen-bond donors (Lipinski definition) is 2. The van der Waals surface area contributed by atoms with E-state index >= 15 is 0 Å². The lowest BCUT2D eigenvalue weighted by molar-refractivity contribution is 0.0664. The van der Waals surface area contributed by atoms with Crippen molar-refractivity contribution >= 4 is 17.4 Å². The van der Waals surface area contributed by atoms with Crippen molar-refractivity contribution in [2.24, 2.45) is 5.92 Å². The van der Waals surface area contributed by atoms with Crippen molar-refractivity contribution in [1.82, 2.24) is 15.2 Å². The number of rotatable bonds is 6. The summed E-state index contributed by atoms with van der Waals surface area (Å²) in [6.45, 7) is 9.05. The Bertz CT molecular complexity index is 532. The Morgan fingerprint density at radius 3 is 2.83 bits per heavy atom. The Kier molecular flexibility index (Phi) is 6.03. The predicted molar refractivity (Wildman–Crippen MR) is 93.6 cm³/mol. The minimum absolute atomic E-state index is 0.0335. The zero-order valence-corrected chi connectivity index (χ0v) is 15.4.